The van der Waals surface area contributed by atoms with Gasteiger partial charge in [0.2, 0.25) is 0 Å². The number of carbonyl (C=O) groups excluding carboxylic acids is 5. The predicted octanol–water partition coefficient (Wildman–Crippen LogP) is 4.26. The summed E-state index contributed by atoms with van der Waals surface area (Å²) in [5, 5.41) is 13.1. The molecule has 6 rings (SSSR count). The predicted molar refractivity (Wildman–Crippen MR) is 181 cm³/mol. The van der Waals surface area contributed by atoms with Crippen LogP contribution in [0.2, 0.25) is 0 Å². The van der Waals surface area contributed by atoms with Crippen LogP contribution in [0.1, 0.15) is 79.0 Å². The number of benzene rings is 2. The molecule has 3 fully saturated rings. The van der Waals surface area contributed by atoms with Crippen LogP contribution in [0, 0.1) is 11.3 Å². The molecule has 3 aromatic rings. The number of ether oxygens (including phenoxy) is 6. The van der Waals surface area contributed by atoms with E-state index in [1.54, 1.807) is 69.3 Å². The van der Waals surface area contributed by atoms with Gasteiger partial charge in [-0.15, -0.1) is 0 Å². The molecule has 2 heterocycles. The zero-order valence-corrected chi connectivity index (χ0v) is 29.6. The molecule has 2 aliphatic carbocycles. The zero-order chi connectivity index (χ0) is 37.6. The summed E-state index contributed by atoms with van der Waals surface area (Å²) in [6.45, 7) is 8.67. The third-order valence-electron chi connectivity index (χ3n) is 10.7. The van der Waals surface area contributed by atoms with E-state index in [1.165, 1.54) is 50.5 Å². The molecule has 13 nitrogen and oxygen atoms in total. The SMILES string of the molecule is CC(=O)O[C@@H]1[C@H](OC(=O)c2ccccc2)[C@@]2(C)[C@@H](OC(=O)c3ccccc3)CC3[C@@H](OC(C)=O)C2(OC3(C)C)[C@@](C)(O)[C@H]1OC(=O)c1cccnc1. The van der Waals surface area contributed by atoms with E-state index in [-0.39, 0.29) is 23.1 Å². The molecule has 9 atom stereocenters. The number of hydrogen-bond donors (Lipinski definition) is 1. The smallest absolute Gasteiger partial charge is 0.340 e. The molecule has 2 saturated carbocycles. The van der Waals surface area contributed by atoms with Gasteiger partial charge in [-0.1, -0.05) is 36.4 Å². The number of esters is 5. The first-order chi connectivity index (χ1) is 24.5. The number of nitrogens with zero attached hydrogens (tertiary/aromatic N) is 1. The highest BCUT2D eigenvalue weighted by Gasteiger charge is 2.87. The first-order valence-electron chi connectivity index (χ1n) is 16.9. The van der Waals surface area contributed by atoms with Crippen LogP contribution in [-0.2, 0) is 38.0 Å². The zero-order valence-electron chi connectivity index (χ0n) is 29.6. The minimum Gasteiger partial charge on any atom is -0.459 e. The fourth-order valence-electron chi connectivity index (χ4n) is 8.49. The Morgan fingerprint density at radius 1 is 0.673 bits per heavy atom. The summed E-state index contributed by atoms with van der Waals surface area (Å²) in [6, 6.07) is 19.2. The average molecular weight is 716 g/mol. The lowest BCUT2D eigenvalue weighted by Gasteiger charge is -2.66. The van der Waals surface area contributed by atoms with E-state index >= 15 is 0 Å². The fourth-order valence-corrected chi connectivity index (χ4v) is 8.49. The van der Waals surface area contributed by atoms with E-state index in [4.69, 9.17) is 28.4 Å². The van der Waals surface area contributed by atoms with E-state index in [9.17, 15) is 29.1 Å². The van der Waals surface area contributed by atoms with Crippen molar-refractivity contribution >= 4 is 29.8 Å². The lowest BCUT2D eigenvalue weighted by atomic mass is 9.46. The molecular formula is C39H41NO12. The van der Waals surface area contributed by atoms with Gasteiger partial charge in [-0.3, -0.25) is 14.6 Å². The second-order valence-corrected chi connectivity index (χ2v) is 14.3. The Labute approximate surface area is 300 Å². The van der Waals surface area contributed by atoms with Gasteiger partial charge >= 0.3 is 29.8 Å². The lowest BCUT2D eigenvalue weighted by molar-refractivity contribution is -0.366. The maximum atomic E-state index is 14.0. The van der Waals surface area contributed by atoms with Crippen LogP contribution in [0.5, 0.6) is 0 Å². The van der Waals surface area contributed by atoms with Crippen molar-refractivity contribution in [2.24, 2.45) is 11.3 Å². The van der Waals surface area contributed by atoms with Gasteiger partial charge in [-0.2, -0.15) is 0 Å². The van der Waals surface area contributed by atoms with Crippen molar-refractivity contribution in [1.82, 2.24) is 4.98 Å². The van der Waals surface area contributed by atoms with Crippen molar-refractivity contribution in [3.8, 4) is 0 Å². The van der Waals surface area contributed by atoms with Gasteiger partial charge in [0.05, 0.1) is 27.7 Å². The second-order valence-electron chi connectivity index (χ2n) is 14.3. The number of rotatable bonds is 8. The van der Waals surface area contributed by atoms with Crippen molar-refractivity contribution in [1.29, 1.82) is 0 Å². The van der Waals surface area contributed by atoms with Gasteiger partial charge in [0.1, 0.15) is 17.8 Å². The topological polar surface area (TPSA) is 174 Å². The van der Waals surface area contributed by atoms with Crippen molar-refractivity contribution in [3.05, 3.63) is 102 Å². The summed E-state index contributed by atoms with van der Waals surface area (Å²) in [5.41, 5.74) is -7.25. The number of carbonyl (C=O) groups is 5. The molecule has 1 aromatic heterocycles. The highest BCUT2D eigenvalue weighted by molar-refractivity contribution is 5.91. The van der Waals surface area contributed by atoms with Crippen LogP contribution in [0.25, 0.3) is 0 Å². The van der Waals surface area contributed by atoms with Crippen molar-refractivity contribution in [2.45, 2.75) is 95.3 Å². The first-order valence-corrected chi connectivity index (χ1v) is 16.9. The average Bonchev–Trinajstić information content (AvgIpc) is 3.29. The summed E-state index contributed by atoms with van der Waals surface area (Å²) in [5.74, 6) is -4.84. The van der Waals surface area contributed by atoms with E-state index in [0.717, 1.165) is 6.92 Å². The Morgan fingerprint density at radius 2 is 1.19 bits per heavy atom. The number of aromatic nitrogens is 1. The van der Waals surface area contributed by atoms with Crippen LogP contribution in [0.4, 0.5) is 0 Å². The van der Waals surface area contributed by atoms with E-state index < -0.39 is 88.5 Å². The molecule has 2 unspecified atom stereocenters. The second kappa shape index (κ2) is 13.4. The Kier molecular flexibility index (Phi) is 9.47. The van der Waals surface area contributed by atoms with E-state index in [1.807, 2.05) is 0 Å². The summed E-state index contributed by atoms with van der Waals surface area (Å²) < 4.78 is 37.5. The molecule has 0 radical (unpaired) electrons. The number of fused-ring (bicyclic) bond motifs is 1. The molecule has 0 amide bonds. The molecule has 1 aliphatic heterocycles. The van der Waals surface area contributed by atoms with Gasteiger partial charge in [0.25, 0.3) is 0 Å². The Hall–Kier alpha value is -5.14. The minimum atomic E-state index is -2.40. The molecule has 3 aliphatic rings. The number of hydrogen-bond acceptors (Lipinski definition) is 13. The van der Waals surface area contributed by atoms with Gasteiger partial charge in [0, 0.05) is 32.2 Å². The molecule has 274 valence electrons. The van der Waals surface area contributed by atoms with Crippen LogP contribution in [-0.4, -0.2) is 87.3 Å². The summed E-state index contributed by atoms with van der Waals surface area (Å²) in [6.07, 6.45) is -4.98. The van der Waals surface area contributed by atoms with Gasteiger partial charge in [-0.05, 0) is 70.5 Å². The van der Waals surface area contributed by atoms with Crippen LogP contribution < -0.4 is 0 Å². The number of aliphatic hydroxyl groups is 1. The molecule has 2 bridgehead atoms. The summed E-state index contributed by atoms with van der Waals surface area (Å²) >= 11 is 0. The number of pyridine rings is 1. The monoisotopic (exact) mass is 715 g/mol. The Bertz CT molecular complexity index is 1850. The summed E-state index contributed by atoms with van der Waals surface area (Å²) in [7, 11) is 0. The lowest BCUT2D eigenvalue weighted by Crippen LogP contribution is -2.86. The van der Waals surface area contributed by atoms with Crippen molar-refractivity contribution in [2.75, 3.05) is 0 Å². The van der Waals surface area contributed by atoms with Gasteiger partial charge < -0.3 is 33.5 Å². The highest BCUT2D eigenvalue weighted by Crippen LogP contribution is 2.69. The molecule has 1 spiro atoms. The van der Waals surface area contributed by atoms with Gasteiger partial charge in [-0.25, -0.2) is 14.4 Å². The van der Waals surface area contributed by atoms with Crippen LogP contribution >= 0.6 is 0 Å². The largest absolute Gasteiger partial charge is 0.459 e. The Morgan fingerprint density at radius 3 is 1.73 bits per heavy atom. The van der Waals surface area contributed by atoms with Gasteiger partial charge in [0.15, 0.2) is 23.9 Å². The maximum absolute atomic E-state index is 14.0. The molecule has 52 heavy (non-hydrogen) atoms. The normalized spacial score (nSPS) is 32.8. The Balaban J connectivity index is 1.61. The van der Waals surface area contributed by atoms with Crippen molar-refractivity contribution < 1.29 is 57.5 Å². The van der Waals surface area contributed by atoms with Crippen LogP contribution in [0.15, 0.2) is 85.2 Å². The summed E-state index contributed by atoms with van der Waals surface area (Å²) in [4.78, 5) is 71.4. The highest BCUT2D eigenvalue weighted by atomic mass is 16.7. The molecule has 2 aromatic carbocycles. The van der Waals surface area contributed by atoms with E-state index in [2.05, 4.69) is 4.98 Å². The first kappa shape index (κ1) is 36.6. The third-order valence-corrected chi connectivity index (χ3v) is 10.7. The molecule has 13 heteroatoms. The molecule has 1 N–H and O–H groups in total. The molecular weight excluding hydrogens is 674 g/mol. The standard InChI is InChI=1S/C39H41NO12/c1-22(41)47-29-31(50-34(44)25-16-11-8-12-17-25)37(5)28(49-33(43)24-14-9-7-10-15-24)20-27-30(48-23(2)42)39(37,52-36(27,3)4)38(6,46)32(29)51-35(45)26-18-13-19-40-21-26/h7-19,21,27-32,46H,20H2,1-6H3/t27?,28-,29+,30+,31-,32-,37+,38-,39?/m0/s1. The maximum Gasteiger partial charge on any atom is 0.340 e. The molecule has 1 saturated heterocycles. The fraction of sp³-hybridized carbons (Fsp3) is 0.436. The third kappa shape index (κ3) is 5.91. The minimum absolute atomic E-state index is 0.00364. The van der Waals surface area contributed by atoms with E-state index in [0.29, 0.717) is 0 Å². The van der Waals surface area contributed by atoms with Crippen molar-refractivity contribution in [3.63, 3.8) is 0 Å². The van der Waals surface area contributed by atoms with Crippen LogP contribution in [0.3, 0.4) is 0 Å². The quantitative estimate of drug-likeness (QED) is 0.259.